The molecule has 0 saturated carbocycles. The lowest BCUT2D eigenvalue weighted by Crippen LogP contribution is -2.14. The minimum Gasteiger partial charge on any atom is -0.366 e. The van der Waals surface area contributed by atoms with Crippen LogP contribution in [0.5, 0.6) is 0 Å². The van der Waals surface area contributed by atoms with Crippen molar-refractivity contribution in [2.45, 2.75) is 13.8 Å². The molecule has 0 atom stereocenters. The third-order valence-corrected chi connectivity index (χ3v) is 3.99. The summed E-state index contributed by atoms with van der Waals surface area (Å²) in [6.45, 7) is 8.97. The Labute approximate surface area is 141 Å². The van der Waals surface area contributed by atoms with Gasteiger partial charge in [-0.05, 0) is 60.4 Å². The zero-order valence-corrected chi connectivity index (χ0v) is 14.4. The third kappa shape index (κ3) is 4.20. The summed E-state index contributed by atoms with van der Waals surface area (Å²) in [4.78, 5) is 6.37. The fourth-order valence-corrected chi connectivity index (χ4v) is 2.38. The Morgan fingerprint density at radius 2 is 2.09 bits per heavy atom. The van der Waals surface area contributed by atoms with Crippen molar-refractivity contribution in [3.05, 3.63) is 70.5 Å². The van der Waals surface area contributed by atoms with E-state index in [1.807, 2.05) is 44.0 Å². The van der Waals surface area contributed by atoms with E-state index in [1.54, 1.807) is 12.4 Å². The molecule has 0 heterocycles. The second kappa shape index (κ2) is 7.42. The van der Waals surface area contributed by atoms with Crippen LogP contribution in [0.4, 0.5) is 10.1 Å². The van der Waals surface area contributed by atoms with Gasteiger partial charge in [-0.25, -0.2) is 9.38 Å². The lowest BCUT2D eigenvalue weighted by molar-refractivity contribution is 0.552. The van der Waals surface area contributed by atoms with Gasteiger partial charge in [0.1, 0.15) is 5.82 Å². The predicted octanol–water partition coefficient (Wildman–Crippen LogP) is 5.46. The van der Waals surface area contributed by atoms with E-state index in [0.717, 1.165) is 28.8 Å². The van der Waals surface area contributed by atoms with Crippen molar-refractivity contribution in [3.63, 3.8) is 0 Å². The van der Waals surface area contributed by atoms with Gasteiger partial charge in [0.25, 0.3) is 0 Å². The Balaban J connectivity index is 2.36. The molecule has 0 aliphatic carbocycles. The number of aryl methyl sites for hydroxylation is 1. The molecule has 0 spiro atoms. The van der Waals surface area contributed by atoms with Crippen LogP contribution in [0.15, 0.2) is 48.0 Å². The Kier molecular flexibility index (Phi) is 5.56. The first kappa shape index (κ1) is 17.2. The van der Waals surface area contributed by atoms with E-state index in [-0.39, 0.29) is 5.82 Å². The Hall–Kier alpha value is -2.13. The van der Waals surface area contributed by atoms with Gasteiger partial charge >= 0.3 is 0 Å². The van der Waals surface area contributed by atoms with Crippen LogP contribution in [0.1, 0.15) is 23.6 Å². The van der Waals surface area contributed by atoms with Crippen LogP contribution in [0.3, 0.4) is 0 Å². The van der Waals surface area contributed by atoms with Gasteiger partial charge in [0.05, 0.1) is 17.0 Å². The van der Waals surface area contributed by atoms with Crippen LogP contribution < -0.4 is 0 Å². The summed E-state index contributed by atoms with van der Waals surface area (Å²) in [5.41, 5.74) is 4.08. The van der Waals surface area contributed by atoms with Gasteiger partial charge in [-0.15, -0.1) is 0 Å². The van der Waals surface area contributed by atoms with E-state index >= 15 is 0 Å². The maximum atomic E-state index is 13.4. The molecule has 0 aliphatic rings. The fourth-order valence-electron chi connectivity index (χ4n) is 2.16. The number of hydrogen-bond acceptors (Lipinski definition) is 1. The van der Waals surface area contributed by atoms with Gasteiger partial charge in [0, 0.05) is 13.6 Å². The van der Waals surface area contributed by atoms with Gasteiger partial charge in [0.15, 0.2) is 0 Å². The number of hydrogen-bond donors (Lipinski definition) is 0. The molecule has 120 valence electrons. The summed E-state index contributed by atoms with van der Waals surface area (Å²) < 4.78 is 13.4. The molecule has 2 aromatic rings. The Morgan fingerprint density at radius 3 is 2.74 bits per heavy atom. The van der Waals surface area contributed by atoms with Crippen LogP contribution >= 0.6 is 11.6 Å². The zero-order valence-electron chi connectivity index (χ0n) is 13.6. The van der Waals surface area contributed by atoms with Crippen LogP contribution in [0.2, 0.25) is 5.02 Å². The number of benzene rings is 2. The molecule has 23 heavy (non-hydrogen) atoms. The molecule has 2 rings (SSSR count). The first-order chi connectivity index (χ1) is 10.9. The normalized spacial score (nSPS) is 11.0. The highest BCUT2D eigenvalue weighted by molar-refractivity contribution is 6.33. The summed E-state index contributed by atoms with van der Waals surface area (Å²) in [5, 5.41) is 0.545. The number of halogens is 2. The Morgan fingerprint density at radius 1 is 1.35 bits per heavy atom. The van der Waals surface area contributed by atoms with Crippen molar-refractivity contribution >= 4 is 29.2 Å². The van der Waals surface area contributed by atoms with Gasteiger partial charge in [0.2, 0.25) is 0 Å². The van der Waals surface area contributed by atoms with Crippen molar-refractivity contribution in [2.24, 2.45) is 4.99 Å². The summed E-state index contributed by atoms with van der Waals surface area (Å²) in [6, 6.07) is 10.1. The molecule has 0 aliphatic heterocycles. The second-order valence-corrected chi connectivity index (χ2v) is 5.83. The highest BCUT2D eigenvalue weighted by atomic mass is 35.5. The van der Waals surface area contributed by atoms with Crippen molar-refractivity contribution in [3.8, 4) is 0 Å². The standard InChI is InChI=1S/C19H20ClFN2/c1-5-23(4)12-22-19-9-13(2)17(11-18(19)20)14(3)15-7-6-8-16(21)10-15/h6-12H,3,5H2,1-2,4H3/b22-12-. The number of aliphatic imine (C=N–C) groups is 1. The molecule has 0 saturated heterocycles. The van der Waals surface area contributed by atoms with E-state index in [0.29, 0.717) is 10.7 Å². The molecule has 0 bridgehead atoms. The number of rotatable bonds is 5. The van der Waals surface area contributed by atoms with Crippen molar-refractivity contribution < 1.29 is 4.39 Å². The molecule has 0 radical (unpaired) electrons. The van der Waals surface area contributed by atoms with Gasteiger partial charge in [-0.2, -0.15) is 0 Å². The molecule has 0 fully saturated rings. The molecule has 0 N–H and O–H groups in total. The average molecular weight is 331 g/mol. The van der Waals surface area contributed by atoms with Crippen molar-refractivity contribution in [1.82, 2.24) is 4.90 Å². The smallest absolute Gasteiger partial charge is 0.123 e. The maximum Gasteiger partial charge on any atom is 0.123 e. The van der Waals surface area contributed by atoms with E-state index in [2.05, 4.69) is 11.6 Å². The van der Waals surface area contributed by atoms with Crippen molar-refractivity contribution in [1.29, 1.82) is 0 Å². The van der Waals surface area contributed by atoms with E-state index < -0.39 is 0 Å². The minimum absolute atomic E-state index is 0.281. The second-order valence-electron chi connectivity index (χ2n) is 5.43. The topological polar surface area (TPSA) is 15.6 Å². The van der Waals surface area contributed by atoms with Crippen molar-refractivity contribution in [2.75, 3.05) is 13.6 Å². The van der Waals surface area contributed by atoms with Gasteiger partial charge < -0.3 is 4.90 Å². The lowest BCUT2D eigenvalue weighted by Gasteiger charge is -2.13. The van der Waals surface area contributed by atoms with E-state index in [9.17, 15) is 4.39 Å². The molecule has 2 nitrogen and oxygen atoms in total. The molecule has 2 aromatic carbocycles. The highest BCUT2D eigenvalue weighted by Crippen LogP contribution is 2.33. The van der Waals surface area contributed by atoms with Crippen LogP contribution in [-0.4, -0.2) is 24.8 Å². The summed E-state index contributed by atoms with van der Waals surface area (Å²) in [5.74, 6) is -0.281. The van der Waals surface area contributed by atoms with Crippen LogP contribution in [0, 0.1) is 12.7 Å². The monoisotopic (exact) mass is 330 g/mol. The highest BCUT2D eigenvalue weighted by Gasteiger charge is 2.10. The molecular weight excluding hydrogens is 311 g/mol. The van der Waals surface area contributed by atoms with Crippen LogP contribution in [0.25, 0.3) is 5.57 Å². The maximum absolute atomic E-state index is 13.4. The largest absolute Gasteiger partial charge is 0.366 e. The third-order valence-electron chi connectivity index (χ3n) is 3.68. The Bertz CT molecular complexity index is 753. The minimum atomic E-state index is -0.281. The summed E-state index contributed by atoms with van der Waals surface area (Å²) in [7, 11) is 1.95. The first-order valence-electron chi connectivity index (χ1n) is 7.42. The average Bonchev–Trinajstić information content (AvgIpc) is 2.54. The lowest BCUT2D eigenvalue weighted by atomic mass is 9.95. The molecular formula is C19H20ClFN2. The van der Waals surface area contributed by atoms with Crippen LogP contribution in [-0.2, 0) is 0 Å². The molecule has 4 heteroatoms. The quantitative estimate of drug-likeness (QED) is 0.525. The van der Waals surface area contributed by atoms with Gasteiger partial charge in [-0.1, -0.05) is 30.3 Å². The summed E-state index contributed by atoms with van der Waals surface area (Å²) >= 11 is 6.34. The predicted molar refractivity (Wildman–Crippen MR) is 97.2 cm³/mol. The van der Waals surface area contributed by atoms with E-state index in [1.165, 1.54) is 12.1 Å². The number of nitrogens with zero attached hydrogens (tertiary/aromatic N) is 2. The first-order valence-corrected chi connectivity index (χ1v) is 7.80. The van der Waals surface area contributed by atoms with Gasteiger partial charge in [-0.3, -0.25) is 0 Å². The molecule has 0 amide bonds. The fraction of sp³-hybridized carbons (Fsp3) is 0.211. The zero-order chi connectivity index (χ0) is 17.0. The molecule has 0 aromatic heterocycles. The SMILES string of the molecule is C=C(c1cccc(F)c1)c1cc(Cl)c(/N=C\N(C)CC)cc1C. The summed E-state index contributed by atoms with van der Waals surface area (Å²) in [6.07, 6.45) is 1.75. The van der Waals surface area contributed by atoms with E-state index in [4.69, 9.17) is 11.6 Å². The molecule has 0 unspecified atom stereocenters.